The Morgan fingerprint density at radius 1 is 1.14 bits per heavy atom. The smallest absolute Gasteiger partial charge is 0.221 e. The number of aliphatic imine (C=N–C) groups is 1. The average Bonchev–Trinajstić information content (AvgIpc) is 2.73. The van der Waals surface area contributed by atoms with Gasteiger partial charge in [-0.1, -0.05) is 49.1 Å². The highest BCUT2D eigenvalue weighted by molar-refractivity contribution is 6.05. The molecule has 0 aliphatic carbocycles. The van der Waals surface area contributed by atoms with Crippen molar-refractivity contribution >= 4 is 11.7 Å². The van der Waals surface area contributed by atoms with Crippen LogP contribution in [0.1, 0.15) is 12.1 Å². The molecule has 0 radical (unpaired) electrons. The van der Waals surface area contributed by atoms with Crippen LogP contribution in [0.15, 0.2) is 90.0 Å². The molecule has 0 fully saturated rings. The van der Waals surface area contributed by atoms with Crippen LogP contribution in [0.2, 0.25) is 0 Å². The summed E-state index contributed by atoms with van der Waals surface area (Å²) in [5, 5.41) is 17.1. The number of hydrogen-bond acceptors (Lipinski definition) is 5. The van der Waals surface area contributed by atoms with Gasteiger partial charge in [0.1, 0.15) is 11.4 Å². The fourth-order valence-electron chi connectivity index (χ4n) is 2.07. The Kier molecular flexibility index (Phi) is 8.36. The van der Waals surface area contributed by atoms with Gasteiger partial charge in [-0.05, 0) is 30.2 Å². The third kappa shape index (κ3) is 7.01. The quantitative estimate of drug-likeness (QED) is 0.414. The van der Waals surface area contributed by atoms with Gasteiger partial charge < -0.3 is 14.6 Å². The highest BCUT2D eigenvalue weighted by atomic mass is 16.5. The SMILES string of the molecule is C=C(/C=C/CCO)/C=C/C(=NC(=N)c1cccc(OC)n1)Oc1ccccc1. The third-order valence-electron chi connectivity index (χ3n) is 3.43. The number of allylic oxidation sites excluding steroid dienone is 3. The standard InChI is InChI=1S/C22H23N3O3/c1-17(9-6-7-16-26)14-15-21(28-18-10-4-3-5-11-18)25-22(23)19-12-8-13-20(24-19)27-2/h3-6,8-15,23,26H,1,7,16H2,2H3/b9-6+,15-14+,23-22?,25-21?. The van der Waals surface area contributed by atoms with Gasteiger partial charge in [-0.3, -0.25) is 5.41 Å². The number of nitrogens with one attached hydrogen (secondary N) is 1. The summed E-state index contributed by atoms with van der Waals surface area (Å²) in [6, 6.07) is 14.3. The number of methoxy groups -OCH3 is 1. The van der Waals surface area contributed by atoms with Crippen LogP contribution < -0.4 is 9.47 Å². The minimum Gasteiger partial charge on any atom is -0.481 e. The van der Waals surface area contributed by atoms with Crippen molar-refractivity contribution in [2.45, 2.75) is 6.42 Å². The average molecular weight is 377 g/mol. The molecule has 1 aromatic heterocycles. The summed E-state index contributed by atoms with van der Waals surface area (Å²) in [6.45, 7) is 4.00. The van der Waals surface area contributed by atoms with Crippen molar-refractivity contribution in [3.8, 4) is 11.6 Å². The first-order chi connectivity index (χ1) is 13.6. The molecule has 2 N–H and O–H groups in total. The highest BCUT2D eigenvalue weighted by Gasteiger charge is 2.07. The number of aliphatic hydroxyl groups is 1. The van der Waals surface area contributed by atoms with Crippen LogP contribution in [0.5, 0.6) is 11.6 Å². The van der Waals surface area contributed by atoms with E-state index in [-0.39, 0.29) is 18.3 Å². The molecule has 1 heterocycles. The van der Waals surface area contributed by atoms with Crippen molar-refractivity contribution in [2.75, 3.05) is 13.7 Å². The molecule has 0 atom stereocenters. The molecule has 2 aromatic rings. The lowest BCUT2D eigenvalue weighted by molar-refractivity contribution is 0.302. The molecule has 0 amide bonds. The number of rotatable bonds is 8. The topological polar surface area (TPSA) is 87.8 Å². The van der Waals surface area contributed by atoms with Crippen molar-refractivity contribution in [1.29, 1.82) is 5.41 Å². The molecule has 0 unspecified atom stereocenters. The zero-order valence-corrected chi connectivity index (χ0v) is 15.7. The monoisotopic (exact) mass is 377 g/mol. The van der Waals surface area contributed by atoms with Gasteiger partial charge in [-0.2, -0.15) is 4.99 Å². The normalized spacial score (nSPS) is 11.7. The molecule has 0 saturated heterocycles. The Labute approximate surface area is 164 Å². The summed E-state index contributed by atoms with van der Waals surface area (Å²) in [5.74, 6) is 1.16. The molecule has 0 aliphatic rings. The Balaban J connectivity index is 2.24. The summed E-state index contributed by atoms with van der Waals surface area (Å²) < 4.78 is 10.9. The van der Waals surface area contributed by atoms with Crippen LogP contribution >= 0.6 is 0 Å². The number of aliphatic hydroxyl groups excluding tert-OH is 1. The minimum absolute atomic E-state index is 0.0593. The van der Waals surface area contributed by atoms with Crippen molar-refractivity contribution in [2.24, 2.45) is 4.99 Å². The van der Waals surface area contributed by atoms with Crippen LogP contribution in [0.25, 0.3) is 0 Å². The predicted molar refractivity (Wildman–Crippen MR) is 111 cm³/mol. The van der Waals surface area contributed by atoms with Gasteiger partial charge in [0.2, 0.25) is 11.8 Å². The van der Waals surface area contributed by atoms with Gasteiger partial charge in [0.25, 0.3) is 0 Å². The Bertz CT molecular complexity index is 887. The lowest BCUT2D eigenvalue weighted by Crippen LogP contribution is -2.10. The van der Waals surface area contributed by atoms with Crippen molar-refractivity contribution in [1.82, 2.24) is 4.98 Å². The molecule has 6 nitrogen and oxygen atoms in total. The largest absolute Gasteiger partial charge is 0.481 e. The van der Waals surface area contributed by atoms with Crippen LogP contribution in [-0.4, -0.2) is 35.5 Å². The first kappa shape index (κ1) is 20.8. The number of ether oxygens (including phenoxy) is 2. The Morgan fingerprint density at radius 2 is 1.93 bits per heavy atom. The van der Waals surface area contributed by atoms with E-state index >= 15 is 0 Å². The van der Waals surface area contributed by atoms with E-state index in [2.05, 4.69) is 16.6 Å². The third-order valence-corrected chi connectivity index (χ3v) is 3.43. The predicted octanol–water partition coefficient (Wildman–Crippen LogP) is 3.94. The number of benzene rings is 1. The van der Waals surface area contributed by atoms with E-state index in [1.165, 1.54) is 7.11 Å². The number of hydrogen-bond donors (Lipinski definition) is 2. The molecule has 0 spiro atoms. The summed E-state index contributed by atoms with van der Waals surface area (Å²) in [5.41, 5.74) is 1.08. The molecule has 144 valence electrons. The van der Waals surface area contributed by atoms with Gasteiger partial charge in [-0.25, -0.2) is 4.98 Å². The lowest BCUT2D eigenvalue weighted by Gasteiger charge is -2.07. The van der Waals surface area contributed by atoms with E-state index in [1.54, 1.807) is 48.6 Å². The molecule has 1 aromatic carbocycles. The van der Waals surface area contributed by atoms with Crippen LogP contribution in [0.3, 0.4) is 0 Å². The maximum atomic E-state index is 8.83. The number of nitrogens with zero attached hydrogens (tertiary/aromatic N) is 2. The number of para-hydroxylation sites is 1. The number of pyridine rings is 1. The summed E-state index contributed by atoms with van der Waals surface area (Å²) >= 11 is 0. The lowest BCUT2D eigenvalue weighted by atomic mass is 10.2. The van der Waals surface area contributed by atoms with Crippen LogP contribution in [-0.2, 0) is 0 Å². The Morgan fingerprint density at radius 3 is 2.64 bits per heavy atom. The van der Waals surface area contributed by atoms with E-state index in [0.717, 1.165) is 0 Å². The van der Waals surface area contributed by atoms with Gasteiger partial charge in [0.05, 0.1) is 7.11 Å². The second kappa shape index (κ2) is 11.3. The zero-order chi connectivity index (χ0) is 20.2. The first-order valence-electron chi connectivity index (χ1n) is 8.68. The fourth-order valence-corrected chi connectivity index (χ4v) is 2.07. The Hall–Kier alpha value is -3.51. The van der Waals surface area contributed by atoms with Crippen LogP contribution in [0, 0.1) is 5.41 Å². The summed E-state index contributed by atoms with van der Waals surface area (Å²) in [7, 11) is 1.52. The zero-order valence-electron chi connectivity index (χ0n) is 15.7. The fraction of sp³-hybridized carbons (Fsp3) is 0.136. The minimum atomic E-state index is -0.0593. The van der Waals surface area contributed by atoms with Gasteiger partial charge in [0, 0.05) is 18.7 Å². The van der Waals surface area contributed by atoms with Crippen molar-refractivity contribution in [3.63, 3.8) is 0 Å². The molecule has 0 aliphatic heterocycles. The maximum absolute atomic E-state index is 8.83. The van der Waals surface area contributed by atoms with E-state index in [1.807, 2.05) is 24.3 Å². The first-order valence-corrected chi connectivity index (χ1v) is 8.68. The molecule has 0 bridgehead atoms. The second-order valence-electron chi connectivity index (χ2n) is 5.60. The second-order valence-corrected chi connectivity index (χ2v) is 5.60. The van der Waals surface area contributed by atoms with E-state index in [0.29, 0.717) is 29.3 Å². The van der Waals surface area contributed by atoms with Gasteiger partial charge in [0.15, 0.2) is 5.84 Å². The van der Waals surface area contributed by atoms with Crippen LogP contribution in [0.4, 0.5) is 0 Å². The number of aromatic nitrogens is 1. The maximum Gasteiger partial charge on any atom is 0.221 e. The molecule has 2 rings (SSSR count). The summed E-state index contributed by atoms with van der Waals surface area (Å²) in [6.07, 6.45) is 7.53. The van der Waals surface area contributed by atoms with Crippen molar-refractivity contribution in [3.05, 3.63) is 90.7 Å². The number of amidine groups is 1. The summed E-state index contributed by atoms with van der Waals surface area (Å²) in [4.78, 5) is 8.46. The van der Waals surface area contributed by atoms with Gasteiger partial charge in [-0.15, -0.1) is 0 Å². The molecule has 0 saturated carbocycles. The van der Waals surface area contributed by atoms with Crippen molar-refractivity contribution < 1.29 is 14.6 Å². The molecular weight excluding hydrogens is 354 g/mol. The molecular formula is C22H23N3O3. The highest BCUT2D eigenvalue weighted by Crippen LogP contribution is 2.12. The van der Waals surface area contributed by atoms with E-state index < -0.39 is 0 Å². The molecule has 28 heavy (non-hydrogen) atoms. The van der Waals surface area contributed by atoms with E-state index in [4.69, 9.17) is 20.0 Å². The van der Waals surface area contributed by atoms with Gasteiger partial charge >= 0.3 is 0 Å². The van der Waals surface area contributed by atoms with E-state index in [9.17, 15) is 0 Å². The molecule has 6 heteroatoms.